The van der Waals surface area contributed by atoms with Gasteiger partial charge in [0.05, 0.1) is 31.9 Å². The van der Waals surface area contributed by atoms with Crippen molar-refractivity contribution in [2.24, 2.45) is 0 Å². The zero-order valence-corrected chi connectivity index (χ0v) is 16.4. The first-order chi connectivity index (χ1) is 13.7. The number of aromatic hydroxyl groups is 1. The lowest BCUT2D eigenvalue weighted by atomic mass is 10.0. The number of hydrogen-bond donors (Lipinski definition) is 2. The first kappa shape index (κ1) is 18.8. The van der Waals surface area contributed by atoms with Crippen LogP contribution >= 0.6 is 0 Å². The van der Waals surface area contributed by atoms with Crippen molar-refractivity contribution in [3.63, 3.8) is 0 Å². The van der Waals surface area contributed by atoms with Crippen molar-refractivity contribution in [2.45, 2.75) is 25.3 Å². The molecule has 0 spiro atoms. The molecule has 4 rings (SSSR count). The maximum absolute atomic E-state index is 13.5. The van der Waals surface area contributed by atoms with Gasteiger partial charge in [0.2, 0.25) is 0 Å². The van der Waals surface area contributed by atoms with E-state index < -0.39 is 0 Å². The molecule has 1 atom stereocenters. The summed E-state index contributed by atoms with van der Waals surface area (Å²) in [6.45, 7) is 5.22. The van der Waals surface area contributed by atoms with Crippen molar-refractivity contribution in [1.29, 1.82) is 0 Å². The summed E-state index contributed by atoms with van der Waals surface area (Å²) in [5, 5.41) is 10.2. The normalized spacial score (nSPS) is 19.4. The summed E-state index contributed by atoms with van der Waals surface area (Å²) in [4.78, 5) is 19.1. The van der Waals surface area contributed by atoms with E-state index in [0.717, 1.165) is 63.4 Å². The van der Waals surface area contributed by atoms with Gasteiger partial charge in [-0.1, -0.05) is 42.5 Å². The molecular formula is C23H30N3O2+. The van der Waals surface area contributed by atoms with Crippen LogP contribution in [0.25, 0.3) is 0 Å². The van der Waals surface area contributed by atoms with Crippen LogP contribution in [0, 0.1) is 0 Å². The molecule has 0 saturated carbocycles. The van der Waals surface area contributed by atoms with Crippen molar-refractivity contribution >= 4 is 11.6 Å². The minimum atomic E-state index is -0.133. The predicted molar refractivity (Wildman–Crippen MR) is 111 cm³/mol. The van der Waals surface area contributed by atoms with Gasteiger partial charge in [-0.3, -0.25) is 4.79 Å². The number of carbonyl (C=O) groups is 1. The maximum Gasteiger partial charge on any atom is 0.285 e. The number of phenols is 1. The first-order valence-corrected chi connectivity index (χ1v) is 10.5. The van der Waals surface area contributed by atoms with Crippen LogP contribution < -0.4 is 9.80 Å². The molecule has 0 radical (unpaired) electrons. The van der Waals surface area contributed by atoms with E-state index in [2.05, 4.69) is 21.9 Å². The predicted octanol–water partition coefficient (Wildman–Crippen LogP) is 1.85. The molecule has 5 heteroatoms. The number of amides is 1. The van der Waals surface area contributed by atoms with Crippen LogP contribution in [-0.2, 0) is 4.79 Å². The monoisotopic (exact) mass is 380 g/mol. The molecule has 0 aromatic heterocycles. The minimum absolute atomic E-state index is 0.133. The van der Waals surface area contributed by atoms with Crippen molar-refractivity contribution in [3.05, 3.63) is 60.2 Å². The fraction of sp³-hybridized carbons (Fsp3) is 0.435. The second-order valence-electron chi connectivity index (χ2n) is 7.86. The van der Waals surface area contributed by atoms with Gasteiger partial charge in [0, 0.05) is 18.7 Å². The molecule has 0 aliphatic carbocycles. The topological polar surface area (TPSA) is 48.2 Å². The van der Waals surface area contributed by atoms with Gasteiger partial charge < -0.3 is 19.8 Å². The van der Waals surface area contributed by atoms with Gasteiger partial charge in [-0.2, -0.15) is 0 Å². The molecule has 0 unspecified atom stereocenters. The van der Waals surface area contributed by atoms with Crippen LogP contribution in [0.3, 0.4) is 0 Å². The Bertz CT molecular complexity index is 781. The molecule has 2 aliphatic heterocycles. The van der Waals surface area contributed by atoms with E-state index >= 15 is 0 Å². The van der Waals surface area contributed by atoms with E-state index in [1.54, 1.807) is 6.07 Å². The highest BCUT2D eigenvalue weighted by Gasteiger charge is 2.37. The van der Waals surface area contributed by atoms with Gasteiger partial charge in [0.15, 0.2) is 6.04 Å². The van der Waals surface area contributed by atoms with Crippen LogP contribution in [0.15, 0.2) is 54.6 Å². The Balaban J connectivity index is 1.51. The number of phenolic OH excluding ortho intramolecular Hbond substituents is 1. The summed E-state index contributed by atoms with van der Waals surface area (Å²) in [5.41, 5.74) is 2.00. The van der Waals surface area contributed by atoms with Crippen LogP contribution in [0.5, 0.6) is 5.75 Å². The summed E-state index contributed by atoms with van der Waals surface area (Å²) in [7, 11) is 0. The number of rotatable bonds is 4. The third-order valence-corrected chi connectivity index (χ3v) is 6.08. The van der Waals surface area contributed by atoms with Crippen molar-refractivity contribution in [1.82, 2.24) is 4.90 Å². The molecule has 0 bridgehead atoms. The standard InChI is InChI=1S/C23H29N3O2/c27-21-12-6-5-11-20(21)24-15-17-25(18-16-24)22(19-9-3-1-4-10-19)23(28)26-13-7-2-8-14-26/h1,3-6,9-12,22,27H,2,7-8,13-18H2/p+1/t22-/m1/s1. The third-order valence-electron chi connectivity index (χ3n) is 6.08. The third kappa shape index (κ3) is 3.99. The summed E-state index contributed by atoms with van der Waals surface area (Å²) in [6.07, 6.45) is 3.46. The molecule has 2 saturated heterocycles. The number of likely N-dealkylation sites (tertiary alicyclic amines) is 1. The Hall–Kier alpha value is -2.53. The van der Waals surface area contributed by atoms with Crippen molar-refractivity contribution in [3.8, 4) is 5.75 Å². The second-order valence-corrected chi connectivity index (χ2v) is 7.86. The SMILES string of the molecule is O=C([C@@H](c1ccccc1)[NH+]1CCN(c2ccccc2O)CC1)N1CCCCC1. The zero-order chi connectivity index (χ0) is 19.3. The number of anilines is 1. The molecule has 148 valence electrons. The van der Waals surface area contributed by atoms with Gasteiger partial charge in [-0.25, -0.2) is 0 Å². The molecule has 2 aromatic rings. The lowest BCUT2D eigenvalue weighted by Gasteiger charge is -2.39. The molecule has 5 nitrogen and oxygen atoms in total. The maximum atomic E-state index is 13.5. The second kappa shape index (κ2) is 8.65. The Morgan fingerprint density at radius 3 is 2.18 bits per heavy atom. The highest BCUT2D eigenvalue weighted by molar-refractivity contribution is 5.82. The number of nitrogens with zero attached hydrogens (tertiary/aromatic N) is 2. The number of carbonyl (C=O) groups excluding carboxylic acids is 1. The van der Waals surface area contributed by atoms with Crippen LogP contribution in [0.1, 0.15) is 30.9 Å². The fourth-order valence-electron chi connectivity index (χ4n) is 4.55. The van der Waals surface area contributed by atoms with Crippen molar-refractivity contribution in [2.75, 3.05) is 44.2 Å². The largest absolute Gasteiger partial charge is 0.506 e. The number of piperazine rings is 1. The first-order valence-electron chi connectivity index (χ1n) is 10.5. The van der Waals surface area contributed by atoms with E-state index in [0.29, 0.717) is 5.75 Å². The fourth-order valence-corrected chi connectivity index (χ4v) is 4.55. The summed E-state index contributed by atoms with van der Waals surface area (Å²) >= 11 is 0. The average Bonchev–Trinajstić information content (AvgIpc) is 2.76. The summed E-state index contributed by atoms with van der Waals surface area (Å²) in [5.74, 6) is 0.604. The number of benzene rings is 2. The summed E-state index contributed by atoms with van der Waals surface area (Å²) in [6, 6.07) is 17.6. The van der Waals surface area contributed by atoms with Crippen LogP contribution in [0.4, 0.5) is 5.69 Å². The zero-order valence-electron chi connectivity index (χ0n) is 16.4. The highest BCUT2D eigenvalue weighted by Crippen LogP contribution is 2.26. The van der Waals surface area contributed by atoms with Gasteiger partial charge in [-0.15, -0.1) is 0 Å². The van der Waals surface area contributed by atoms with Crippen LogP contribution in [0.2, 0.25) is 0 Å². The van der Waals surface area contributed by atoms with Gasteiger partial charge in [0.1, 0.15) is 5.75 Å². The molecule has 1 amide bonds. The number of hydrogen-bond acceptors (Lipinski definition) is 3. The molecule has 2 fully saturated rings. The van der Waals surface area contributed by atoms with E-state index in [1.165, 1.54) is 11.3 Å². The Morgan fingerprint density at radius 1 is 0.857 bits per heavy atom. The highest BCUT2D eigenvalue weighted by atomic mass is 16.3. The molecule has 2 aliphatic rings. The Kier molecular flexibility index (Phi) is 5.81. The lowest BCUT2D eigenvalue weighted by Crippen LogP contribution is -3.16. The minimum Gasteiger partial charge on any atom is -0.506 e. The van der Waals surface area contributed by atoms with E-state index in [1.807, 2.05) is 36.4 Å². The van der Waals surface area contributed by atoms with E-state index in [-0.39, 0.29) is 11.9 Å². The van der Waals surface area contributed by atoms with Gasteiger partial charge >= 0.3 is 0 Å². The smallest absolute Gasteiger partial charge is 0.285 e. The Labute approximate surface area is 167 Å². The molecule has 2 heterocycles. The molecule has 28 heavy (non-hydrogen) atoms. The van der Waals surface area contributed by atoms with Crippen molar-refractivity contribution < 1.29 is 14.8 Å². The Morgan fingerprint density at radius 2 is 1.50 bits per heavy atom. The number of quaternary nitrogens is 1. The van der Waals surface area contributed by atoms with E-state index in [9.17, 15) is 9.90 Å². The van der Waals surface area contributed by atoms with Gasteiger partial charge in [-0.05, 0) is 31.4 Å². The number of piperidine rings is 1. The number of nitrogens with one attached hydrogen (secondary N) is 1. The van der Waals surface area contributed by atoms with E-state index in [4.69, 9.17) is 0 Å². The number of para-hydroxylation sites is 2. The van der Waals surface area contributed by atoms with Crippen LogP contribution in [-0.4, -0.2) is 55.2 Å². The molecule has 2 aromatic carbocycles. The lowest BCUT2D eigenvalue weighted by molar-refractivity contribution is -0.923. The average molecular weight is 381 g/mol. The molecule has 2 N–H and O–H groups in total. The van der Waals surface area contributed by atoms with Gasteiger partial charge in [0.25, 0.3) is 5.91 Å². The summed E-state index contributed by atoms with van der Waals surface area (Å²) < 4.78 is 0. The quantitative estimate of drug-likeness (QED) is 0.851. The molecular weight excluding hydrogens is 350 g/mol.